The number of aryl methyl sites for hydroxylation is 1. The van der Waals surface area contributed by atoms with Crippen molar-refractivity contribution in [2.75, 3.05) is 7.11 Å². The number of methoxy groups -OCH3 is 1. The van der Waals surface area contributed by atoms with Crippen LogP contribution in [0.15, 0.2) is 12.1 Å². The molecule has 0 aliphatic carbocycles. The van der Waals surface area contributed by atoms with Gasteiger partial charge in [0, 0.05) is 5.88 Å². The van der Waals surface area contributed by atoms with Gasteiger partial charge in [-0.25, -0.2) is 0 Å². The van der Waals surface area contributed by atoms with Crippen LogP contribution in [0.25, 0.3) is 0 Å². The van der Waals surface area contributed by atoms with Gasteiger partial charge in [-0.1, -0.05) is 13.0 Å². The molecular formula is C13H14ClNO2. The summed E-state index contributed by atoms with van der Waals surface area (Å²) >= 11 is 5.83. The summed E-state index contributed by atoms with van der Waals surface area (Å²) in [6.07, 6.45) is 0.965. The second kappa shape index (κ2) is 6.27. The van der Waals surface area contributed by atoms with Crippen molar-refractivity contribution in [2.24, 2.45) is 0 Å². The smallest absolute Gasteiger partial charge is 0.309 e. The minimum Gasteiger partial charge on any atom is -0.469 e. The molecule has 0 aliphatic rings. The fourth-order valence-electron chi connectivity index (χ4n) is 1.65. The Labute approximate surface area is 106 Å². The molecule has 0 heterocycles. The molecule has 3 nitrogen and oxygen atoms in total. The first kappa shape index (κ1) is 13.5. The zero-order valence-electron chi connectivity index (χ0n) is 9.92. The molecule has 1 aromatic rings. The van der Waals surface area contributed by atoms with Gasteiger partial charge < -0.3 is 4.74 Å². The Morgan fingerprint density at radius 1 is 1.53 bits per heavy atom. The van der Waals surface area contributed by atoms with E-state index in [-0.39, 0.29) is 18.3 Å². The number of halogens is 1. The van der Waals surface area contributed by atoms with Gasteiger partial charge in [0.25, 0.3) is 0 Å². The van der Waals surface area contributed by atoms with Gasteiger partial charge in [0.1, 0.15) is 0 Å². The average molecular weight is 252 g/mol. The molecule has 0 aromatic heterocycles. The van der Waals surface area contributed by atoms with E-state index in [9.17, 15) is 4.79 Å². The number of benzene rings is 1. The summed E-state index contributed by atoms with van der Waals surface area (Å²) in [4.78, 5) is 11.3. The highest BCUT2D eigenvalue weighted by Crippen LogP contribution is 2.21. The summed E-state index contributed by atoms with van der Waals surface area (Å²) in [6.45, 7) is 2.00. The van der Waals surface area contributed by atoms with Gasteiger partial charge in [0.15, 0.2) is 0 Å². The normalized spacial score (nSPS) is 9.76. The van der Waals surface area contributed by atoms with Crippen LogP contribution in [0, 0.1) is 11.3 Å². The molecule has 17 heavy (non-hydrogen) atoms. The van der Waals surface area contributed by atoms with Crippen LogP contribution in [0.1, 0.15) is 29.2 Å². The Kier molecular flexibility index (Phi) is 4.99. The number of rotatable bonds is 4. The van der Waals surface area contributed by atoms with Crippen molar-refractivity contribution < 1.29 is 9.53 Å². The summed E-state index contributed by atoms with van der Waals surface area (Å²) in [7, 11) is 1.34. The van der Waals surface area contributed by atoms with E-state index >= 15 is 0 Å². The molecule has 1 rings (SSSR count). The van der Waals surface area contributed by atoms with Gasteiger partial charge >= 0.3 is 5.97 Å². The third-order valence-corrected chi connectivity index (χ3v) is 2.89. The maximum atomic E-state index is 11.3. The maximum absolute atomic E-state index is 11.3. The molecule has 0 unspecified atom stereocenters. The molecule has 4 heteroatoms. The first-order chi connectivity index (χ1) is 8.15. The van der Waals surface area contributed by atoms with E-state index in [0.717, 1.165) is 23.1 Å². The summed E-state index contributed by atoms with van der Waals surface area (Å²) in [5.74, 6) is -0.104. The van der Waals surface area contributed by atoms with Crippen LogP contribution < -0.4 is 0 Å². The minimum atomic E-state index is -0.325. The molecule has 0 saturated heterocycles. The number of hydrogen-bond acceptors (Lipinski definition) is 3. The predicted molar refractivity (Wildman–Crippen MR) is 65.8 cm³/mol. The van der Waals surface area contributed by atoms with Gasteiger partial charge in [0.05, 0.1) is 25.2 Å². The van der Waals surface area contributed by atoms with E-state index in [1.807, 2.05) is 19.1 Å². The Balaban J connectivity index is 3.25. The van der Waals surface area contributed by atoms with Crippen molar-refractivity contribution in [1.82, 2.24) is 0 Å². The summed E-state index contributed by atoms with van der Waals surface area (Å²) < 4.78 is 4.64. The first-order valence-corrected chi connectivity index (χ1v) is 5.87. The number of esters is 1. The van der Waals surface area contributed by atoms with Crippen molar-refractivity contribution in [3.63, 3.8) is 0 Å². The molecule has 0 atom stereocenters. The standard InChI is InChI=1S/C13H14ClNO2/c1-3-9-4-10(6-13(16)17-2)12(7-14)11(5-9)8-15/h4-5H,3,6-7H2,1-2H3. The Hall–Kier alpha value is -1.53. The Bertz CT molecular complexity index is 463. The molecule has 0 N–H and O–H groups in total. The van der Waals surface area contributed by atoms with Crippen LogP contribution in [-0.4, -0.2) is 13.1 Å². The second-order valence-electron chi connectivity index (χ2n) is 3.63. The molecular weight excluding hydrogens is 238 g/mol. The summed E-state index contributed by atoms with van der Waals surface area (Å²) in [6, 6.07) is 5.85. The van der Waals surface area contributed by atoms with E-state index in [2.05, 4.69) is 10.8 Å². The third kappa shape index (κ3) is 3.21. The molecule has 0 bridgehead atoms. The lowest BCUT2D eigenvalue weighted by Gasteiger charge is -2.10. The number of ether oxygens (including phenoxy) is 1. The van der Waals surface area contributed by atoms with Crippen LogP contribution in [0.3, 0.4) is 0 Å². The minimum absolute atomic E-state index is 0.154. The van der Waals surface area contributed by atoms with Gasteiger partial charge in [-0.3, -0.25) is 4.79 Å². The maximum Gasteiger partial charge on any atom is 0.309 e. The number of carbonyl (C=O) groups is 1. The number of hydrogen-bond donors (Lipinski definition) is 0. The second-order valence-corrected chi connectivity index (χ2v) is 3.90. The van der Waals surface area contributed by atoms with Gasteiger partial charge in [-0.05, 0) is 29.2 Å². The lowest BCUT2D eigenvalue weighted by atomic mass is 9.96. The number of alkyl halides is 1. The fourth-order valence-corrected chi connectivity index (χ4v) is 1.96. The lowest BCUT2D eigenvalue weighted by molar-refractivity contribution is -0.139. The van der Waals surface area contributed by atoms with E-state index in [1.54, 1.807) is 0 Å². The van der Waals surface area contributed by atoms with Crippen LogP contribution in [0.5, 0.6) is 0 Å². The third-order valence-electron chi connectivity index (χ3n) is 2.63. The summed E-state index contributed by atoms with van der Waals surface area (Å²) in [5.41, 5.74) is 3.06. The lowest BCUT2D eigenvalue weighted by Crippen LogP contribution is -2.08. The molecule has 1 aromatic carbocycles. The van der Waals surface area contributed by atoms with Crippen LogP contribution >= 0.6 is 11.6 Å². The fraction of sp³-hybridized carbons (Fsp3) is 0.385. The molecule has 0 radical (unpaired) electrons. The SMILES string of the molecule is CCc1cc(C#N)c(CCl)c(CC(=O)OC)c1. The van der Waals surface area contributed by atoms with Crippen molar-refractivity contribution in [1.29, 1.82) is 5.26 Å². The average Bonchev–Trinajstić information content (AvgIpc) is 2.37. The number of nitriles is 1. The van der Waals surface area contributed by atoms with Crippen molar-refractivity contribution in [2.45, 2.75) is 25.6 Å². The Morgan fingerprint density at radius 3 is 2.71 bits per heavy atom. The monoisotopic (exact) mass is 251 g/mol. The largest absolute Gasteiger partial charge is 0.469 e. The highest BCUT2D eigenvalue weighted by atomic mass is 35.5. The molecule has 0 saturated carbocycles. The van der Waals surface area contributed by atoms with E-state index < -0.39 is 0 Å². The van der Waals surface area contributed by atoms with Gasteiger partial charge in [-0.2, -0.15) is 5.26 Å². The topological polar surface area (TPSA) is 50.1 Å². The van der Waals surface area contributed by atoms with Gasteiger partial charge in [-0.15, -0.1) is 11.6 Å². The number of carbonyl (C=O) groups excluding carboxylic acids is 1. The van der Waals surface area contributed by atoms with E-state index in [1.165, 1.54) is 7.11 Å². The summed E-state index contributed by atoms with van der Waals surface area (Å²) in [5, 5.41) is 9.06. The predicted octanol–water partition coefficient (Wildman–Crippen LogP) is 2.57. The van der Waals surface area contributed by atoms with Crippen LogP contribution in [0.4, 0.5) is 0 Å². The van der Waals surface area contributed by atoms with Crippen molar-refractivity contribution in [3.8, 4) is 6.07 Å². The quantitative estimate of drug-likeness (QED) is 0.610. The molecule has 0 amide bonds. The van der Waals surface area contributed by atoms with Gasteiger partial charge in [0.2, 0.25) is 0 Å². The van der Waals surface area contributed by atoms with E-state index in [0.29, 0.717) is 5.56 Å². The zero-order valence-corrected chi connectivity index (χ0v) is 10.7. The van der Waals surface area contributed by atoms with Crippen LogP contribution in [-0.2, 0) is 28.3 Å². The molecule has 0 aliphatic heterocycles. The van der Waals surface area contributed by atoms with Crippen molar-refractivity contribution in [3.05, 3.63) is 34.4 Å². The zero-order chi connectivity index (χ0) is 12.8. The highest BCUT2D eigenvalue weighted by molar-refractivity contribution is 6.17. The molecule has 0 fully saturated rings. The van der Waals surface area contributed by atoms with Crippen molar-refractivity contribution >= 4 is 17.6 Å². The van der Waals surface area contributed by atoms with E-state index in [4.69, 9.17) is 16.9 Å². The number of nitrogens with zero attached hydrogens (tertiary/aromatic N) is 1. The molecule has 90 valence electrons. The highest BCUT2D eigenvalue weighted by Gasteiger charge is 2.13. The first-order valence-electron chi connectivity index (χ1n) is 5.33. The molecule has 0 spiro atoms. The van der Waals surface area contributed by atoms with Crippen LogP contribution in [0.2, 0.25) is 0 Å². The Morgan fingerprint density at radius 2 is 2.24 bits per heavy atom.